The summed E-state index contributed by atoms with van der Waals surface area (Å²) in [6, 6.07) is 14.0. The van der Waals surface area contributed by atoms with Crippen LogP contribution in [0, 0.1) is 38.6 Å². The van der Waals surface area contributed by atoms with E-state index in [9.17, 15) is 27.6 Å². The second kappa shape index (κ2) is 22.0. The standard InChI is InChI=1S/C19H16ClFN8O.C13H14FN3O2.C11H10FN3O2/c1-12-13(2-5-18(21)25-12)9-28-10-15(8-24-28)19(30)22-7-14-6-16(20)3-4-17(14)29-11-23-26-27-29;1-3-19-13(18)11-6-15-17(8-11)7-10-4-5-12(14)16-9(10)2;1-7-8(2-3-10(12)14-7)5-15-6-9(4-13-15)11(16)17/h2-6,8,10-11H,7,9H2,1H3,(H,22,30);4-6,8H,3,7H2,1-2H3;2-4,6H,5H2,1H3,(H,16,17). The van der Waals surface area contributed by atoms with Gasteiger partial charge >= 0.3 is 11.9 Å². The van der Waals surface area contributed by atoms with Crippen LogP contribution >= 0.6 is 11.6 Å². The SMILES string of the molecule is CCOC(=O)c1cnn(Cc2ccc(F)nc2C)c1.Cc1nc(F)ccc1Cn1cc(C(=O)NCc2cc(Cl)ccc2-n2cnnn2)cn1.Cc1nc(F)ccc1Cn1cc(C(=O)O)cn1. The molecule has 1 aromatic carbocycles. The number of carbonyl (C=O) groups excluding carboxylic acids is 2. The van der Waals surface area contributed by atoms with Crippen LogP contribution in [0.1, 0.15) is 77.3 Å². The molecule has 0 spiro atoms. The number of carboxylic acid groups (broad SMARTS) is 1. The Morgan fingerprint density at radius 2 is 1.17 bits per heavy atom. The number of ether oxygens (including phenoxy) is 1. The number of pyridine rings is 3. The van der Waals surface area contributed by atoms with Gasteiger partial charge in [0.2, 0.25) is 17.8 Å². The zero-order chi connectivity index (χ0) is 47.3. The molecule has 8 rings (SSSR count). The molecule has 0 aliphatic carbocycles. The summed E-state index contributed by atoms with van der Waals surface area (Å²) in [5, 5.41) is 35.4. The Morgan fingerprint density at radius 1 is 0.682 bits per heavy atom. The fraction of sp³-hybridized carbons (Fsp3) is 0.209. The molecule has 2 N–H and O–H groups in total. The highest BCUT2D eigenvalue weighted by Gasteiger charge is 2.14. The number of aromatic nitrogens is 13. The van der Waals surface area contributed by atoms with Gasteiger partial charge in [0.25, 0.3) is 5.91 Å². The fourth-order valence-electron chi connectivity index (χ4n) is 6.07. The van der Waals surface area contributed by atoms with Crippen LogP contribution in [0.15, 0.2) is 98.1 Å². The molecule has 0 aliphatic rings. The van der Waals surface area contributed by atoms with Crippen molar-refractivity contribution < 1.29 is 37.4 Å². The molecule has 1 amide bonds. The van der Waals surface area contributed by atoms with Crippen molar-refractivity contribution >= 4 is 29.4 Å². The normalized spacial score (nSPS) is 10.7. The van der Waals surface area contributed by atoms with Gasteiger partial charge in [0.15, 0.2) is 0 Å². The van der Waals surface area contributed by atoms with Crippen molar-refractivity contribution in [2.45, 2.75) is 53.9 Å². The third-order valence-electron chi connectivity index (χ3n) is 9.48. The number of hydrogen-bond acceptors (Lipinski definition) is 13. The summed E-state index contributed by atoms with van der Waals surface area (Å²) in [6.45, 7) is 8.62. The molecular weight excluding hydrogens is 885 g/mol. The molecule has 0 radical (unpaired) electrons. The van der Waals surface area contributed by atoms with Crippen molar-refractivity contribution in [3.8, 4) is 5.69 Å². The van der Waals surface area contributed by atoms with Crippen LogP contribution in [0.4, 0.5) is 13.2 Å². The number of nitrogens with zero attached hydrogens (tertiary/aromatic N) is 13. The van der Waals surface area contributed by atoms with E-state index in [0.29, 0.717) is 65.2 Å². The highest BCUT2D eigenvalue weighted by atomic mass is 35.5. The number of halogens is 4. The van der Waals surface area contributed by atoms with Gasteiger partial charge in [-0.15, -0.1) is 5.10 Å². The van der Waals surface area contributed by atoms with Crippen LogP contribution in [-0.4, -0.2) is 94.1 Å². The van der Waals surface area contributed by atoms with E-state index in [1.807, 2.05) is 0 Å². The van der Waals surface area contributed by atoms with Gasteiger partial charge in [-0.05, 0) is 96.8 Å². The van der Waals surface area contributed by atoms with E-state index in [1.165, 1.54) is 58.7 Å². The number of hydrogen-bond donors (Lipinski definition) is 2. The lowest BCUT2D eigenvalue weighted by molar-refractivity contribution is 0.0525. The molecule has 340 valence electrons. The number of carbonyl (C=O) groups is 3. The molecule has 0 bridgehead atoms. The van der Waals surface area contributed by atoms with E-state index in [4.69, 9.17) is 21.4 Å². The third kappa shape index (κ3) is 13.0. The summed E-state index contributed by atoms with van der Waals surface area (Å²) in [6.07, 6.45) is 10.3. The number of carboxylic acids is 1. The van der Waals surface area contributed by atoms with Gasteiger partial charge in [-0.1, -0.05) is 29.8 Å². The zero-order valence-electron chi connectivity index (χ0n) is 35.7. The minimum Gasteiger partial charge on any atom is -0.478 e. The molecule has 23 heteroatoms. The van der Waals surface area contributed by atoms with E-state index < -0.39 is 29.8 Å². The van der Waals surface area contributed by atoms with Gasteiger partial charge in [-0.2, -0.15) is 28.5 Å². The second-order valence-corrected chi connectivity index (χ2v) is 14.6. The highest BCUT2D eigenvalue weighted by Crippen LogP contribution is 2.19. The van der Waals surface area contributed by atoms with Crippen LogP contribution in [0.5, 0.6) is 0 Å². The largest absolute Gasteiger partial charge is 0.478 e. The minimum absolute atomic E-state index is 0.123. The van der Waals surface area contributed by atoms with Gasteiger partial charge in [0, 0.05) is 47.2 Å². The van der Waals surface area contributed by atoms with E-state index in [2.05, 4.69) is 51.1 Å². The molecule has 8 aromatic rings. The molecular formula is C43H40ClF3N14O5. The molecule has 0 fully saturated rings. The third-order valence-corrected chi connectivity index (χ3v) is 9.71. The zero-order valence-corrected chi connectivity index (χ0v) is 36.4. The number of aryl methyl sites for hydroxylation is 3. The van der Waals surface area contributed by atoms with Crippen LogP contribution < -0.4 is 5.32 Å². The summed E-state index contributed by atoms with van der Waals surface area (Å²) in [5.74, 6) is -3.28. The lowest BCUT2D eigenvalue weighted by Gasteiger charge is -2.10. The first-order valence-electron chi connectivity index (χ1n) is 19.8. The molecule has 0 atom stereocenters. The molecule has 66 heavy (non-hydrogen) atoms. The monoisotopic (exact) mass is 924 g/mol. The summed E-state index contributed by atoms with van der Waals surface area (Å²) in [5.41, 5.74) is 6.59. The molecule has 19 nitrogen and oxygen atoms in total. The van der Waals surface area contributed by atoms with Gasteiger partial charge in [-0.25, -0.2) is 29.2 Å². The summed E-state index contributed by atoms with van der Waals surface area (Å²) < 4.78 is 49.9. The van der Waals surface area contributed by atoms with Crippen molar-refractivity contribution in [1.29, 1.82) is 0 Å². The lowest BCUT2D eigenvalue weighted by Crippen LogP contribution is -2.23. The highest BCUT2D eigenvalue weighted by molar-refractivity contribution is 6.30. The number of tetrazole rings is 1. The smallest absolute Gasteiger partial charge is 0.341 e. The maximum Gasteiger partial charge on any atom is 0.341 e. The summed E-state index contributed by atoms with van der Waals surface area (Å²) in [7, 11) is 0. The predicted octanol–water partition coefficient (Wildman–Crippen LogP) is 5.76. The van der Waals surface area contributed by atoms with Crippen LogP contribution in [0.25, 0.3) is 5.69 Å². The summed E-state index contributed by atoms with van der Waals surface area (Å²) >= 11 is 6.10. The molecule has 0 saturated heterocycles. The van der Waals surface area contributed by atoms with Crippen LogP contribution in [-0.2, 0) is 30.9 Å². The van der Waals surface area contributed by atoms with Gasteiger partial charge in [0.1, 0.15) is 6.33 Å². The summed E-state index contributed by atoms with van der Waals surface area (Å²) in [4.78, 5) is 45.9. The first-order chi connectivity index (χ1) is 31.6. The molecule has 7 aromatic heterocycles. The molecule has 7 heterocycles. The van der Waals surface area contributed by atoms with E-state index in [-0.39, 0.29) is 18.0 Å². The number of aromatic carboxylic acids is 1. The fourth-order valence-corrected chi connectivity index (χ4v) is 6.26. The quantitative estimate of drug-likeness (QED) is 0.104. The lowest BCUT2D eigenvalue weighted by atomic mass is 10.1. The molecule has 0 aliphatic heterocycles. The minimum atomic E-state index is -1.02. The molecule has 0 saturated carbocycles. The van der Waals surface area contributed by atoms with Crippen molar-refractivity contribution in [3.63, 3.8) is 0 Å². The van der Waals surface area contributed by atoms with Crippen molar-refractivity contribution in [1.82, 2.24) is 69.8 Å². The van der Waals surface area contributed by atoms with Gasteiger partial charge < -0.3 is 15.2 Å². The average molecular weight is 925 g/mol. The Bertz CT molecular complexity index is 2960. The van der Waals surface area contributed by atoms with Gasteiger partial charge in [0.05, 0.1) is 67.2 Å². The van der Waals surface area contributed by atoms with Gasteiger partial charge in [-0.3, -0.25) is 18.8 Å². The Balaban J connectivity index is 0.000000173. The Hall–Kier alpha value is -8.14. The van der Waals surface area contributed by atoms with Crippen LogP contribution in [0.3, 0.4) is 0 Å². The number of amides is 1. The first kappa shape index (κ1) is 47.3. The Labute approximate surface area is 378 Å². The number of nitrogens with one attached hydrogen (secondary N) is 1. The van der Waals surface area contributed by atoms with E-state index >= 15 is 0 Å². The number of esters is 1. The Morgan fingerprint density at radius 3 is 1.62 bits per heavy atom. The second-order valence-electron chi connectivity index (χ2n) is 14.2. The number of rotatable bonds is 13. The number of benzene rings is 1. The van der Waals surface area contributed by atoms with Crippen molar-refractivity contribution in [3.05, 3.63) is 177 Å². The van der Waals surface area contributed by atoms with Crippen molar-refractivity contribution in [2.75, 3.05) is 6.61 Å². The molecule has 0 unspecified atom stereocenters. The van der Waals surface area contributed by atoms with E-state index in [1.54, 1.807) is 85.9 Å². The van der Waals surface area contributed by atoms with E-state index in [0.717, 1.165) is 22.3 Å². The Kier molecular flexibility index (Phi) is 15.8. The maximum absolute atomic E-state index is 13.2. The first-order valence-corrected chi connectivity index (χ1v) is 20.2. The van der Waals surface area contributed by atoms with Crippen molar-refractivity contribution in [2.24, 2.45) is 0 Å². The topological polar surface area (TPSA) is 228 Å². The average Bonchev–Trinajstić information content (AvgIpc) is 4.13. The predicted molar refractivity (Wildman–Crippen MR) is 229 cm³/mol. The maximum atomic E-state index is 13.2. The van der Waals surface area contributed by atoms with Crippen LogP contribution in [0.2, 0.25) is 5.02 Å².